The van der Waals surface area contributed by atoms with E-state index in [9.17, 15) is 13.6 Å². The first-order chi connectivity index (χ1) is 10.1. The lowest BCUT2D eigenvalue weighted by molar-refractivity contribution is 0.102. The monoisotopic (exact) mass is 293 g/mol. The van der Waals surface area contributed by atoms with E-state index in [4.69, 9.17) is 10.6 Å². The van der Waals surface area contributed by atoms with Gasteiger partial charge >= 0.3 is 0 Å². The van der Waals surface area contributed by atoms with Crippen LogP contribution in [-0.4, -0.2) is 13.0 Å². The summed E-state index contributed by atoms with van der Waals surface area (Å²) in [7, 11) is 1.31. The minimum Gasteiger partial charge on any atom is -0.494 e. The number of hydrogen-bond acceptors (Lipinski definition) is 4. The minimum atomic E-state index is -0.651. The number of carbonyl (C=O) groups excluding carboxylic acids is 1. The molecule has 0 aliphatic rings. The number of anilines is 2. The number of nitrogens with two attached hydrogens (primary N) is 1. The molecule has 0 unspecified atom stereocenters. The third-order valence-corrected chi connectivity index (χ3v) is 2.81. The highest BCUT2D eigenvalue weighted by atomic mass is 19.1. The molecule has 0 saturated carbocycles. The van der Waals surface area contributed by atoms with Crippen LogP contribution in [0.5, 0.6) is 5.75 Å². The largest absolute Gasteiger partial charge is 0.494 e. The molecular formula is C14H13F2N3O2. The van der Waals surface area contributed by atoms with Crippen molar-refractivity contribution in [2.24, 2.45) is 5.84 Å². The smallest absolute Gasteiger partial charge is 0.257 e. The number of ether oxygens (including phenoxy) is 1. The molecule has 0 fully saturated rings. The molecule has 0 saturated heterocycles. The van der Waals surface area contributed by atoms with E-state index in [1.165, 1.54) is 37.4 Å². The Morgan fingerprint density at radius 1 is 1.19 bits per heavy atom. The van der Waals surface area contributed by atoms with Crippen LogP contribution in [0.1, 0.15) is 10.4 Å². The Bertz CT molecular complexity index is 677. The van der Waals surface area contributed by atoms with Crippen LogP contribution in [-0.2, 0) is 0 Å². The maximum atomic E-state index is 13.5. The highest BCUT2D eigenvalue weighted by Gasteiger charge is 2.15. The van der Waals surface area contributed by atoms with Crippen molar-refractivity contribution < 1.29 is 18.3 Å². The van der Waals surface area contributed by atoms with Gasteiger partial charge in [0.1, 0.15) is 5.82 Å². The summed E-state index contributed by atoms with van der Waals surface area (Å²) < 4.78 is 31.6. The third-order valence-electron chi connectivity index (χ3n) is 2.81. The highest BCUT2D eigenvalue weighted by Crippen LogP contribution is 2.24. The minimum absolute atomic E-state index is 0.00999. The zero-order chi connectivity index (χ0) is 15.4. The zero-order valence-electron chi connectivity index (χ0n) is 11.1. The van der Waals surface area contributed by atoms with Gasteiger partial charge in [-0.05, 0) is 24.3 Å². The second-order valence-electron chi connectivity index (χ2n) is 4.11. The lowest BCUT2D eigenvalue weighted by Crippen LogP contribution is -2.18. The molecule has 0 aromatic heterocycles. The van der Waals surface area contributed by atoms with E-state index >= 15 is 0 Å². The first-order valence-electron chi connectivity index (χ1n) is 5.97. The van der Waals surface area contributed by atoms with Crippen molar-refractivity contribution in [1.82, 2.24) is 0 Å². The fourth-order valence-electron chi connectivity index (χ4n) is 1.80. The molecule has 5 nitrogen and oxygen atoms in total. The molecule has 7 heteroatoms. The summed E-state index contributed by atoms with van der Waals surface area (Å²) in [6.45, 7) is 0. The molecule has 0 aliphatic heterocycles. The molecule has 2 aromatic rings. The van der Waals surface area contributed by atoms with Gasteiger partial charge in [-0.2, -0.15) is 0 Å². The average Bonchev–Trinajstić information content (AvgIpc) is 2.48. The van der Waals surface area contributed by atoms with Crippen molar-refractivity contribution in [3.63, 3.8) is 0 Å². The van der Waals surface area contributed by atoms with Gasteiger partial charge in [-0.25, -0.2) is 8.78 Å². The quantitative estimate of drug-likeness (QED) is 0.598. The maximum absolute atomic E-state index is 13.5. The van der Waals surface area contributed by atoms with Gasteiger partial charge in [0.15, 0.2) is 11.6 Å². The standard InChI is InChI=1S/C14H13F2N3O2/c1-21-12-7-8(5-6-10(12)15)18-14(20)9-3-2-4-11(16)13(9)19-17/h2-7,19H,17H2,1H3,(H,18,20). The summed E-state index contributed by atoms with van der Waals surface area (Å²) in [6.07, 6.45) is 0. The molecule has 0 bridgehead atoms. The van der Waals surface area contributed by atoms with Gasteiger partial charge in [-0.3, -0.25) is 10.6 Å². The zero-order valence-corrected chi connectivity index (χ0v) is 11.1. The number of methoxy groups -OCH3 is 1. The molecule has 21 heavy (non-hydrogen) atoms. The van der Waals surface area contributed by atoms with Crippen molar-refractivity contribution in [3.05, 3.63) is 53.6 Å². The van der Waals surface area contributed by atoms with Gasteiger partial charge in [0.05, 0.1) is 18.4 Å². The maximum Gasteiger partial charge on any atom is 0.257 e. The number of hydrogen-bond donors (Lipinski definition) is 3. The van der Waals surface area contributed by atoms with Gasteiger partial charge in [-0.15, -0.1) is 0 Å². The lowest BCUT2D eigenvalue weighted by atomic mass is 10.1. The second kappa shape index (κ2) is 6.19. The molecule has 0 spiro atoms. The number of benzene rings is 2. The van der Waals surface area contributed by atoms with Crippen LogP contribution >= 0.6 is 0 Å². The molecular weight excluding hydrogens is 280 g/mol. The van der Waals surface area contributed by atoms with Crippen LogP contribution < -0.4 is 21.3 Å². The Kier molecular flexibility index (Phi) is 4.34. The average molecular weight is 293 g/mol. The summed E-state index contributed by atoms with van der Waals surface area (Å²) in [6, 6.07) is 7.81. The molecule has 0 atom stereocenters. The molecule has 2 rings (SSSR count). The number of carbonyl (C=O) groups is 1. The van der Waals surface area contributed by atoms with Crippen LogP contribution in [0.2, 0.25) is 0 Å². The lowest BCUT2D eigenvalue weighted by Gasteiger charge is -2.11. The van der Waals surface area contributed by atoms with E-state index in [2.05, 4.69) is 10.7 Å². The summed E-state index contributed by atoms with van der Waals surface area (Å²) in [5, 5.41) is 2.51. The van der Waals surface area contributed by atoms with Crippen molar-refractivity contribution >= 4 is 17.3 Å². The van der Waals surface area contributed by atoms with Gasteiger partial charge < -0.3 is 15.5 Å². The van der Waals surface area contributed by atoms with E-state index in [0.29, 0.717) is 5.69 Å². The topological polar surface area (TPSA) is 76.4 Å². The van der Waals surface area contributed by atoms with Crippen LogP contribution in [0.4, 0.5) is 20.2 Å². The SMILES string of the molecule is COc1cc(NC(=O)c2cccc(F)c2NN)ccc1F. The Labute approximate surface area is 119 Å². The Morgan fingerprint density at radius 3 is 2.62 bits per heavy atom. The molecule has 1 amide bonds. The van der Waals surface area contributed by atoms with E-state index in [0.717, 1.165) is 6.07 Å². The number of nitrogen functional groups attached to an aromatic ring is 1. The van der Waals surface area contributed by atoms with Crippen molar-refractivity contribution in [3.8, 4) is 5.75 Å². The van der Waals surface area contributed by atoms with E-state index in [1.54, 1.807) is 0 Å². The first-order valence-corrected chi connectivity index (χ1v) is 5.97. The Balaban J connectivity index is 2.28. The first kappa shape index (κ1) is 14.7. The van der Waals surface area contributed by atoms with Crippen LogP contribution in [0.3, 0.4) is 0 Å². The predicted molar refractivity (Wildman–Crippen MR) is 75.1 cm³/mol. The van der Waals surface area contributed by atoms with Crippen LogP contribution in [0.15, 0.2) is 36.4 Å². The molecule has 0 radical (unpaired) electrons. The van der Waals surface area contributed by atoms with Crippen molar-refractivity contribution in [2.45, 2.75) is 0 Å². The molecule has 2 aromatic carbocycles. The fraction of sp³-hybridized carbons (Fsp3) is 0.0714. The van der Waals surface area contributed by atoms with Gasteiger partial charge in [-0.1, -0.05) is 6.07 Å². The normalized spacial score (nSPS) is 10.1. The number of hydrazine groups is 1. The highest BCUT2D eigenvalue weighted by molar-refractivity contribution is 6.08. The number of amides is 1. The van der Waals surface area contributed by atoms with Crippen LogP contribution in [0.25, 0.3) is 0 Å². The van der Waals surface area contributed by atoms with E-state index in [1.807, 2.05) is 0 Å². The van der Waals surface area contributed by atoms with Crippen molar-refractivity contribution in [2.75, 3.05) is 17.9 Å². The summed E-state index contributed by atoms with van der Waals surface area (Å²) in [5.41, 5.74) is 2.36. The molecule has 0 heterocycles. The fourth-order valence-corrected chi connectivity index (χ4v) is 1.80. The van der Waals surface area contributed by atoms with E-state index < -0.39 is 17.5 Å². The predicted octanol–water partition coefficient (Wildman–Crippen LogP) is 2.51. The van der Waals surface area contributed by atoms with Crippen LogP contribution in [0, 0.1) is 11.6 Å². The van der Waals surface area contributed by atoms with Gasteiger partial charge in [0, 0.05) is 11.8 Å². The summed E-state index contributed by atoms with van der Waals surface area (Å²) in [5.74, 6) is 3.41. The number of para-hydroxylation sites is 1. The number of rotatable bonds is 4. The molecule has 110 valence electrons. The van der Waals surface area contributed by atoms with Gasteiger partial charge in [0.2, 0.25) is 0 Å². The Hall–Kier alpha value is -2.67. The summed E-state index contributed by atoms with van der Waals surface area (Å²) in [4.78, 5) is 12.1. The Morgan fingerprint density at radius 2 is 1.95 bits per heavy atom. The second-order valence-corrected chi connectivity index (χ2v) is 4.11. The molecule has 0 aliphatic carbocycles. The third kappa shape index (κ3) is 3.09. The van der Waals surface area contributed by atoms with Crippen molar-refractivity contribution in [1.29, 1.82) is 0 Å². The number of halogens is 2. The number of nitrogens with one attached hydrogen (secondary N) is 2. The summed E-state index contributed by atoms with van der Waals surface area (Å²) >= 11 is 0. The van der Waals surface area contributed by atoms with E-state index in [-0.39, 0.29) is 17.0 Å². The van der Waals surface area contributed by atoms with Gasteiger partial charge in [0.25, 0.3) is 5.91 Å². The molecule has 4 N–H and O–H groups in total.